The van der Waals surface area contributed by atoms with E-state index in [4.69, 9.17) is 0 Å². The third-order valence-electron chi connectivity index (χ3n) is 3.30. The predicted molar refractivity (Wildman–Crippen MR) is 92.1 cm³/mol. The normalized spacial score (nSPS) is 11.5. The summed E-state index contributed by atoms with van der Waals surface area (Å²) in [6.07, 6.45) is 3.93. The molecular weight excluding hydrogens is 232 g/mol. The van der Waals surface area contributed by atoms with Gasteiger partial charge < -0.3 is 9.80 Å². The van der Waals surface area contributed by atoms with Crippen molar-refractivity contribution in [1.29, 1.82) is 0 Å². The highest BCUT2D eigenvalue weighted by atomic mass is 15.2. The smallest absolute Gasteiger partial charge is 0.00789 e. The van der Waals surface area contributed by atoms with Crippen LogP contribution >= 0.6 is 0 Å². The molecule has 0 saturated carbocycles. The Hall–Kier alpha value is -0.0800. The van der Waals surface area contributed by atoms with E-state index in [1.165, 1.54) is 38.9 Å². The molecule has 0 spiro atoms. The Morgan fingerprint density at radius 1 is 0.842 bits per heavy atom. The third-order valence-corrected chi connectivity index (χ3v) is 3.30. The number of hydrogen-bond acceptors (Lipinski definition) is 2. The molecule has 0 saturated heterocycles. The molecule has 1 atom stereocenters. The van der Waals surface area contributed by atoms with Crippen LogP contribution in [0.5, 0.6) is 0 Å². The van der Waals surface area contributed by atoms with E-state index in [1.807, 2.05) is 27.7 Å². The molecule has 0 aliphatic rings. The standard InChI is InChI=1S/C13H30N2.2C2H6/c1-6-9-11-15(8-3)13(4)10-12-14(5)7-2;2*1-2/h13H,6-12H2,1-5H3;2*1-2H3. The minimum absolute atomic E-state index is 0.732. The Kier molecular flexibility index (Phi) is 25.5. The predicted octanol–water partition coefficient (Wildman–Crippen LogP) is 4.89. The maximum atomic E-state index is 2.60. The zero-order valence-corrected chi connectivity index (χ0v) is 15.4. The molecule has 0 fully saturated rings. The molecule has 0 amide bonds. The molecule has 0 aromatic heterocycles. The lowest BCUT2D eigenvalue weighted by Crippen LogP contribution is -2.36. The summed E-state index contributed by atoms with van der Waals surface area (Å²) in [6, 6.07) is 0.732. The molecule has 0 aliphatic carbocycles. The molecule has 120 valence electrons. The zero-order chi connectivity index (χ0) is 15.7. The maximum Gasteiger partial charge on any atom is 0.00789 e. The van der Waals surface area contributed by atoms with Gasteiger partial charge in [0.15, 0.2) is 0 Å². The lowest BCUT2D eigenvalue weighted by atomic mass is 10.1. The lowest BCUT2D eigenvalue weighted by molar-refractivity contribution is 0.189. The van der Waals surface area contributed by atoms with Crippen molar-refractivity contribution >= 4 is 0 Å². The molecule has 2 nitrogen and oxygen atoms in total. The SMILES string of the molecule is CC.CC.CCCCN(CC)C(C)CCN(C)CC. The minimum atomic E-state index is 0.732. The Balaban J connectivity index is -0.000000579. The van der Waals surface area contributed by atoms with Crippen LogP contribution in [-0.2, 0) is 0 Å². The first kappa shape index (κ1) is 24.0. The molecule has 0 heterocycles. The van der Waals surface area contributed by atoms with Gasteiger partial charge in [0.05, 0.1) is 0 Å². The van der Waals surface area contributed by atoms with Crippen molar-refractivity contribution in [2.75, 3.05) is 33.2 Å². The van der Waals surface area contributed by atoms with Crippen molar-refractivity contribution in [2.45, 2.75) is 80.7 Å². The molecule has 0 aliphatic heterocycles. The summed E-state index contributed by atoms with van der Waals surface area (Å²) in [5.74, 6) is 0. The van der Waals surface area contributed by atoms with Crippen LogP contribution in [0.3, 0.4) is 0 Å². The average molecular weight is 275 g/mol. The van der Waals surface area contributed by atoms with Crippen LogP contribution in [-0.4, -0.2) is 49.1 Å². The van der Waals surface area contributed by atoms with E-state index in [9.17, 15) is 0 Å². The second-order valence-electron chi connectivity index (χ2n) is 4.52. The molecule has 1 unspecified atom stereocenters. The quantitative estimate of drug-likeness (QED) is 0.590. The average Bonchev–Trinajstić information content (AvgIpc) is 2.49. The number of rotatable bonds is 9. The van der Waals surface area contributed by atoms with Crippen LogP contribution in [0.1, 0.15) is 74.7 Å². The van der Waals surface area contributed by atoms with Crippen molar-refractivity contribution in [3.8, 4) is 0 Å². The van der Waals surface area contributed by atoms with Gasteiger partial charge in [0.2, 0.25) is 0 Å². The molecule has 0 aromatic rings. The molecule has 19 heavy (non-hydrogen) atoms. The van der Waals surface area contributed by atoms with Crippen molar-refractivity contribution in [2.24, 2.45) is 0 Å². The largest absolute Gasteiger partial charge is 0.307 e. The first-order chi connectivity index (χ1) is 9.15. The van der Waals surface area contributed by atoms with Gasteiger partial charge in [0.1, 0.15) is 0 Å². The Bertz CT molecular complexity index is 137. The molecular formula is C17H42N2. The molecule has 0 aromatic carbocycles. The van der Waals surface area contributed by atoms with Crippen LogP contribution in [0.4, 0.5) is 0 Å². The van der Waals surface area contributed by atoms with Crippen LogP contribution in [0.15, 0.2) is 0 Å². The highest BCUT2D eigenvalue weighted by Crippen LogP contribution is 2.06. The molecule has 0 N–H and O–H groups in total. The van der Waals surface area contributed by atoms with Crippen LogP contribution in [0, 0.1) is 0 Å². The van der Waals surface area contributed by atoms with E-state index in [0.717, 1.165) is 12.6 Å². The van der Waals surface area contributed by atoms with Gasteiger partial charge in [-0.25, -0.2) is 0 Å². The highest BCUT2D eigenvalue weighted by Gasteiger charge is 2.11. The highest BCUT2D eigenvalue weighted by molar-refractivity contribution is 4.67. The molecule has 0 radical (unpaired) electrons. The van der Waals surface area contributed by atoms with E-state index in [0.29, 0.717) is 0 Å². The summed E-state index contributed by atoms with van der Waals surface area (Å²) in [6.45, 7) is 22.0. The first-order valence-corrected chi connectivity index (χ1v) is 8.58. The van der Waals surface area contributed by atoms with Crippen molar-refractivity contribution in [3.63, 3.8) is 0 Å². The Labute approximate surface area is 124 Å². The third kappa shape index (κ3) is 15.9. The summed E-state index contributed by atoms with van der Waals surface area (Å²) in [7, 11) is 2.20. The van der Waals surface area contributed by atoms with Crippen LogP contribution in [0.25, 0.3) is 0 Å². The van der Waals surface area contributed by atoms with Gasteiger partial charge in [-0.3, -0.25) is 0 Å². The summed E-state index contributed by atoms with van der Waals surface area (Å²) >= 11 is 0. The summed E-state index contributed by atoms with van der Waals surface area (Å²) < 4.78 is 0. The van der Waals surface area contributed by atoms with E-state index in [2.05, 4.69) is 44.5 Å². The van der Waals surface area contributed by atoms with Gasteiger partial charge in [0.25, 0.3) is 0 Å². The van der Waals surface area contributed by atoms with E-state index < -0.39 is 0 Å². The Morgan fingerprint density at radius 3 is 1.74 bits per heavy atom. The van der Waals surface area contributed by atoms with Crippen LogP contribution < -0.4 is 0 Å². The minimum Gasteiger partial charge on any atom is -0.307 e. The summed E-state index contributed by atoms with van der Waals surface area (Å²) in [5, 5.41) is 0. The van der Waals surface area contributed by atoms with Gasteiger partial charge in [-0.2, -0.15) is 0 Å². The van der Waals surface area contributed by atoms with Gasteiger partial charge in [-0.1, -0.05) is 54.9 Å². The fourth-order valence-corrected chi connectivity index (χ4v) is 1.80. The monoisotopic (exact) mass is 274 g/mol. The number of unbranched alkanes of at least 4 members (excludes halogenated alkanes) is 1. The first-order valence-electron chi connectivity index (χ1n) is 8.58. The van der Waals surface area contributed by atoms with Gasteiger partial charge >= 0.3 is 0 Å². The van der Waals surface area contributed by atoms with Gasteiger partial charge in [0, 0.05) is 6.04 Å². The summed E-state index contributed by atoms with van der Waals surface area (Å²) in [5.41, 5.74) is 0. The lowest BCUT2D eigenvalue weighted by Gasteiger charge is -2.29. The fourth-order valence-electron chi connectivity index (χ4n) is 1.80. The summed E-state index contributed by atoms with van der Waals surface area (Å²) in [4.78, 5) is 5.00. The second kappa shape index (κ2) is 20.2. The van der Waals surface area contributed by atoms with Crippen LogP contribution in [0.2, 0.25) is 0 Å². The van der Waals surface area contributed by atoms with E-state index in [-0.39, 0.29) is 0 Å². The molecule has 2 heteroatoms. The maximum absolute atomic E-state index is 2.60. The second-order valence-corrected chi connectivity index (χ2v) is 4.52. The van der Waals surface area contributed by atoms with E-state index in [1.54, 1.807) is 0 Å². The number of hydrogen-bond donors (Lipinski definition) is 0. The zero-order valence-electron chi connectivity index (χ0n) is 15.4. The molecule has 0 bridgehead atoms. The topological polar surface area (TPSA) is 6.48 Å². The Morgan fingerprint density at radius 2 is 1.37 bits per heavy atom. The van der Waals surface area contributed by atoms with Crippen molar-refractivity contribution < 1.29 is 0 Å². The number of nitrogens with zero attached hydrogens (tertiary/aromatic N) is 2. The molecule has 0 rings (SSSR count). The van der Waals surface area contributed by atoms with Crippen molar-refractivity contribution in [1.82, 2.24) is 9.80 Å². The van der Waals surface area contributed by atoms with E-state index >= 15 is 0 Å². The van der Waals surface area contributed by atoms with Gasteiger partial charge in [-0.05, 0) is 53.0 Å². The van der Waals surface area contributed by atoms with Gasteiger partial charge in [-0.15, -0.1) is 0 Å². The van der Waals surface area contributed by atoms with Crippen molar-refractivity contribution in [3.05, 3.63) is 0 Å². The fraction of sp³-hybridized carbons (Fsp3) is 1.00.